The number of fused-ring (bicyclic) bond motifs is 3. The molecule has 5 rings (SSSR count). The van der Waals surface area contributed by atoms with Crippen molar-refractivity contribution in [2.45, 2.75) is 6.54 Å². The van der Waals surface area contributed by atoms with Gasteiger partial charge in [0.25, 0.3) is 0 Å². The van der Waals surface area contributed by atoms with Crippen LogP contribution in [0.4, 0.5) is 4.39 Å². The SMILES string of the molecule is COc1cc2c3nnc(-c4ccc(Cl)cc4)c-3cn(Cc3ccc(F)cc3)c2cc1OC. The number of methoxy groups -OCH3 is 2. The zero-order chi connectivity index (χ0) is 22.2. The lowest BCUT2D eigenvalue weighted by atomic mass is 10.0. The highest BCUT2D eigenvalue weighted by Gasteiger charge is 2.22. The molecule has 0 amide bonds. The van der Waals surface area contributed by atoms with E-state index in [-0.39, 0.29) is 5.82 Å². The maximum Gasteiger partial charge on any atom is 0.162 e. The molecule has 3 aromatic carbocycles. The van der Waals surface area contributed by atoms with Gasteiger partial charge in [0.1, 0.15) is 17.2 Å². The van der Waals surface area contributed by atoms with Gasteiger partial charge in [-0.15, -0.1) is 10.2 Å². The Bertz CT molecular complexity index is 1380. The molecule has 0 aromatic heterocycles. The standard InChI is InChI=1S/C25H19ClFN3O2/c1-31-22-11-19-21(12-23(22)32-2)30(13-15-3-9-18(27)10-4-15)14-20-24(28-29-25(19)20)16-5-7-17(26)8-6-16/h3-12,14H,13H2,1-2H3. The van der Waals surface area contributed by atoms with Gasteiger partial charge in [-0.2, -0.15) is 0 Å². The number of hydrogen-bond acceptors (Lipinski definition) is 4. The Morgan fingerprint density at radius 2 is 1.53 bits per heavy atom. The van der Waals surface area contributed by atoms with E-state index in [9.17, 15) is 4.39 Å². The van der Waals surface area contributed by atoms with Gasteiger partial charge in [-0.25, -0.2) is 4.39 Å². The Morgan fingerprint density at radius 3 is 2.22 bits per heavy atom. The second-order valence-corrected chi connectivity index (χ2v) is 7.86. The van der Waals surface area contributed by atoms with Gasteiger partial charge in [-0.3, -0.25) is 0 Å². The number of hydrogen-bond donors (Lipinski definition) is 0. The Kier molecular flexibility index (Phi) is 5.15. The molecule has 0 atom stereocenters. The molecule has 2 heterocycles. The average molecular weight is 448 g/mol. The van der Waals surface area contributed by atoms with Crippen molar-refractivity contribution in [3.05, 3.63) is 83.3 Å². The molecule has 2 aliphatic heterocycles. The Labute approximate surface area is 189 Å². The quantitative estimate of drug-likeness (QED) is 0.328. The van der Waals surface area contributed by atoms with Crippen molar-refractivity contribution in [3.8, 4) is 34.0 Å². The zero-order valence-electron chi connectivity index (χ0n) is 17.5. The minimum absolute atomic E-state index is 0.264. The molecule has 0 unspecified atom stereocenters. The van der Waals surface area contributed by atoms with Crippen molar-refractivity contribution in [1.82, 2.24) is 14.8 Å². The normalized spacial score (nSPS) is 11.2. The van der Waals surface area contributed by atoms with Crippen LogP contribution in [0.3, 0.4) is 0 Å². The summed E-state index contributed by atoms with van der Waals surface area (Å²) >= 11 is 6.07. The molecule has 5 nitrogen and oxygen atoms in total. The van der Waals surface area contributed by atoms with Crippen LogP contribution in [0.25, 0.3) is 33.4 Å². The van der Waals surface area contributed by atoms with E-state index in [1.807, 2.05) is 42.6 Å². The third-order valence-electron chi connectivity index (χ3n) is 5.50. The van der Waals surface area contributed by atoms with E-state index in [2.05, 4.69) is 14.8 Å². The summed E-state index contributed by atoms with van der Waals surface area (Å²) in [5.74, 6) is 0.960. The van der Waals surface area contributed by atoms with E-state index in [1.54, 1.807) is 26.4 Å². The molecule has 0 saturated heterocycles. The highest BCUT2D eigenvalue weighted by Crippen LogP contribution is 2.41. The summed E-state index contributed by atoms with van der Waals surface area (Å²) in [7, 11) is 3.21. The van der Waals surface area contributed by atoms with Crippen molar-refractivity contribution in [1.29, 1.82) is 0 Å². The van der Waals surface area contributed by atoms with Gasteiger partial charge >= 0.3 is 0 Å². The number of pyridine rings is 1. The molecule has 3 aromatic rings. The average Bonchev–Trinajstić information content (AvgIpc) is 3.24. The van der Waals surface area contributed by atoms with Gasteiger partial charge < -0.3 is 14.0 Å². The van der Waals surface area contributed by atoms with E-state index in [4.69, 9.17) is 21.1 Å². The molecule has 0 radical (unpaired) electrons. The molecule has 0 saturated carbocycles. The van der Waals surface area contributed by atoms with Gasteiger partial charge in [-0.05, 0) is 35.9 Å². The predicted octanol–water partition coefficient (Wildman–Crippen LogP) is 6.06. The number of nitrogens with zero attached hydrogens (tertiary/aromatic N) is 3. The molecule has 0 fully saturated rings. The molecule has 0 N–H and O–H groups in total. The number of halogens is 2. The van der Waals surface area contributed by atoms with Crippen molar-refractivity contribution in [3.63, 3.8) is 0 Å². The fourth-order valence-electron chi connectivity index (χ4n) is 3.90. The minimum Gasteiger partial charge on any atom is -0.493 e. The summed E-state index contributed by atoms with van der Waals surface area (Å²) < 4.78 is 26.6. The Balaban J connectivity index is 1.76. The molecule has 0 spiro atoms. The fraction of sp³-hybridized carbons (Fsp3) is 0.120. The van der Waals surface area contributed by atoms with Crippen LogP contribution < -0.4 is 9.47 Å². The molecule has 32 heavy (non-hydrogen) atoms. The summed E-state index contributed by atoms with van der Waals surface area (Å²) in [6, 6.07) is 17.8. The van der Waals surface area contributed by atoms with Crippen molar-refractivity contribution >= 4 is 22.5 Å². The van der Waals surface area contributed by atoms with Gasteiger partial charge in [0, 0.05) is 40.3 Å². The lowest BCUT2D eigenvalue weighted by Crippen LogP contribution is -2.05. The molecule has 0 bridgehead atoms. The third-order valence-corrected chi connectivity index (χ3v) is 5.75. The van der Waals surface area contributed by atoms with Crippen LogP contribution in [-0.2, 0) is 6.54 Å². The Morgan fingerprint density at radius 1 is 0.875 bits per heavy atom. The third kappa shape index (κ3) is 3.52. The van der Waals surface area contributed by atoms with Crippen LogP contribution in [0.5, 0.6) is 11.5 Å². The zero-order valence-corrected chi connectivity index (χ0v) is 18.2. The van der Waals surface area contributed by atoms with Crippen LogP contribution in [0.1, 0.15) is 5.56 Å². The van der Waals surface area contributed by atoms with Crippen LogP contribution in [0, 0.1) is 5.82 Å². The molecule has 2 aliphatic rings. The first-order valence-electron chi connectivity index (χ1n) is 9.99. The highest BCUT2D eigenvalue weighted by molar-refractivity contribution is 6.30. The molecule has 7 heteroatoms. The monoisotopic (exact) mass is 447 g/mol. The van der Waals surface area contributed by atoms with Gasteiger partial charge in [0.05, 0.1) is 19.7 Å². The first kappa shape index (κ1) is 20.3. The van der Waals surface area contributed by atoms with E-state index in [0.717, 1.165) is 39.0 Å². The number of aromatic nitrogens is 3. The van der Waals surface area contributed by atoms with Gasteiger partial charge in [-0.1, -0.05) is 35.9 Å². The smallest absolute Gasteiger partial charge is 0.162 e. The number of benzene rings is 3. The van der Waals surface area contributed by atoms with Gasteiger partial charge in [0.2, 0.25) is 0 Å². The van der Waals surface area contributed by atoms with E-state index in [1.165, 1.54) is 12.1 Å². The highest BCUT2D eigenvalue weighted by atomic mass is 35.5. The maximum atomic E-state index is 13.4. The molecular weight excluding hydrogens is 429 g/mol. The summed E-state index contributed by atoms with van der Waals surface area (Å²) in [6.07, 6.45) is 2.02. The predicted molar refractivity (Wildman–Crippen MR) is 123 cm³/mol. The van der Waals surface area contributed by atoms with Gasteiger partial charge in [0.15, 0.2) is 11.5 Å². The second kappa shape index (κ2) is 8.13. The van der Waals surface area contributed by atoms with E-state index < -0.39 is 0 Å². The maximum absolute atomic E-state index is 13.4. The molecule has 160 valence electrons. The largest absolute Gasteiger partial charge is 0.493 e. The minimum atomic E-state index is -0.264. The second-order valence-electron chi connectivity index (χ2n) is 7.43. The summed E-state index contributed by atoms with van der Waals surface area (Å²) in [6.45, 7) is 0.535. The van der Waals surface area contributed by atoms with Crippen LogP contribution in [-0.4, -0.2) is 29.0 Å². The van der Waals surface area contributed by atoms with Crippen molar-refractivity contribution < 1.29 is 13.9 Å². The summed E-state index contributed by atoms with van der Waals surface area (Å²) in [5, 5.41) is 10.5. The lowest BCUT2D eigenvalue weighted by Gasteiger charge is -2.17. The van der Waals surface area contributed by atoms with Crippen molar-refractivity contribution in [2.24, 2.45) is 0 Å². The Hall–Kier alpha value is -3.64. The van der Waals surface area contributed by atoms with E-state index >= 15 is 0 Å². The lowest BCUT2D eigenvalue weighted by molar-refractivity contribution is 0.355. The van der Waals surface area contributed by atoms with E-state index in [0.29, 0.717) is 23.1 Å². The summed E-state index contributed by atoms with van der Waals surface area (Å²) in [4.78, 5) is 0. The number of rotatable bonds is 5. The van der Waals surface area contributed by atoms with Crippen LogP contribution >= 0.6 is 11.6 Å². The van der Waals surface area contributed by atoms with Crippen LogP contribution in [0.15, 0.2) is 66.9 Å². The fourth-order valence-corrected chi connectivity index (χ4v) is 4.03. The topological polar surface area (TPSA) is 49.2 Å². The number of ether oxygens (including phenoxy) is 2. The summed E-state index contributed by atoms with van der Waals surface area (Å²) in [5.41, 5.74) is 5.22. The first-order chi connectivity index (χ1) is 15.6. The first-order valence-corrected chi connectivity index (χ1v) is 10.4. The van der Waals surface area contributed by atoms with Crippen molar-refractivity contribution in [2.75, 3.05) is 14.2 Å². The molecular formula is C25H19ClFN3O2. The molecule has 0 aliphatic carbocycles. The van der Waals surface area contributed by atoms with Crippen LogP contribution in [0.2, 0.25) is 5.02 Å².